The maximum absolute atomic E-state index is 13.9. The van der Waals surface area contributed by atoms with E-state index in [0.29, 0.717) is 17.7 Å². The third-order valence-corrected chi connectivity index (χ3v) is 6.23. The van der Waals surface area contributed by atoms with Crippen molar-refractivity contribution in [2.45, 2.75) is 18.0 Å². The van der Waals surface area contributed by atoms with E-state index in [-0.39, 0.29) is 36.3 Å². The van der Waals surface area contributed by atoms with Crippen molar-refractivity contribution in [3.63, 3.8) is 0 Å². The fourth-order valence-electron chi connectivity index (χ4n) is 2.79. The third kappa shape index (κ3) is 6.22. The van der Waals surface area contributed by atoms with Crippen LogP contribution in [0.4, 0.5) is 4.39 Å². The summed E-state index contributed by atoms with van der Waals surface area (Å²) in [4.78, 5) is 14.3. The van der Waals surface area contributed by atoms with Crippen molar-refractivity contribution >= 4 is 15.9 Å². The molecule has 156 valence electrons. The lowest BCUT2D eigenvalue weighted by molar-refractivity contribution is -0.122. The van der Waals surface area contributed by atoms with Crippen LogP contribution in [0.1, 0.15) is 11.1 Å². The molecule has 0 saturated carbocycles. The van der Waals surface area contributed by atoms with Gasteiger partial charge in [-0.15, -0.1) is 6.58 Å². The number of nitrogens with zero attached hydrogens (tertiary/aromatic N) is 2. The fraction of sp³-hybridized carbons (Fsp3) is 0.286. The molecule has 0 aliphatic carbocycles. The Morgan fingerprint density at radius 1 is 1.10 bits per heavy atom. The molecule has 0 spiro atoms. The van der Waals surface area contributed by atoms with E-state index >= 15 is 0 Å². The third-order valence-electron chi connectivity index (χ3n) is 4.31. The van der Waals surface area contributed by atoms with E-state index in [1.54, 1.807) is 47.4 Å². The molecule has 0 heterocycles. The summed E-state index contributed by atoms with van der Waals surface area (Å²) in [5, 5.41) is 2.75. The van der Waals surface area contributed by atoms with Crippen molar-refractivity contribution < 1.29 is 17.6 Å². The van der Waals surface area contributed by atoms with Gasteiger partial charge in [-0.05, 0) is 17.7 Å². The number of amides is 1. The monoisotopic (exact) mass is 419 g/mol. The molecule has 0 aliphatic heterocycles. The summed E-state index contributed by atoms with van der Waals surface area (Å²) < 4.78 is 39.9. The Hall–Kier alpha value is -2.55. The summed E-state index contributed by atoms with van der Waals surface area (Å²) in [7, 11) is -0.698. The predicted molar refractivity (Wildman–Crippen MR) is 111 cm³/mol. The molecule has 0 fully saturated rings. The van der Waals surface area contributed by atoms with Crippen LogP contribution < -0.4 is 5.32 Å². The number of benzene rings is 2. The van der Waals surface area contributed by atoms with Crippen molar-refractivity contribution in [1.82, 2.24) is 14.5 Å². The van der Waals surface area contributed by atoms with Crippen molar-refractivity contribution in [2.75, 3.05) is 27.2 Å². The zero-order valence-corrected chi connectivity index (χ0v) is 17.5. The highest BCUT2D eigenvalue weighted by Crippen LogP contribution is 2.18. The highest BCUT2D eigenvalue weighted by Gasteiger charge is 2.21. The standard InChI is InChI=1S/C21H26FN3O3S/c1-4-13-25(15-18-10-5-7-11-19(18)22)16-21(26)23-14-17-9-6-8-12-20(17)29(27,28)24(2)3/h4-12H,1,13-16H2,2-3H3,(H,23,26). The number of hydrogen-bond acceptors (Lipinski definition) is 4. The van der Waals surface area contributed by atoms with Crippen molar-refractivity contribution in [3.8, 4) is 0 Å². The van der Waals surface area contributed by atoms with Gasteiger partial charge in [-0.25, -0.2) is 17.1 Å². The first-order valence-electron chi connectivity index (χ1n) is 9.09. The maximum Gasteiger partial charge on any atom is 0.242 e. The van der Waals surface area contributed by atoms with E-state index in [1.165, 1.54) is 26.2 Å². The second kappa shape index (κ2) is 10.3. The topological polar surface area (TPSA) is 69.7 Å². The van der Waals surface area contributed by atoms with Gasteiger partial charge in [0.05, 0.1) is 11.4 Å². The average molecular weight is 420 g/mol. The molecule has 2 rings (SSSR count). The van der Waals surface area contributed by atoms with Gasteiger partial charge in [0.15, 0.2) is 0 Å². The van der Waals surface area contributed by atoms with Crippen LogP contribution in [-0.4, -0.2) is 50.7 Å². The smallest absolute Gasteiger partial charge is 0.242 e. The number of hydrogen-bond donors (Lipinski definition) is 1. The molecular formula is C21H26FN3O3S. The molecule has 8 heteroatoms. The van der Waals surface area contributed by atoms with Crippen LogP contribution in [0.15, 0.2) is 66.1 Å². The van der Waals surface area contributed by atoms with Crippen LogP contribution in [-0.2, 0) is 27.9 Å². The van der Waals surface area contributed by atoms with Gasteiger partial charge in [0, 0.05) is 39.3 Å². The molecule has 6 nitrogen and oxygen atoms in total. The Morgan fingerprint density at radius 3 is 2.34 bits per heavy atom. The second-order valence-corrected chi connectivity index (χ2v) is 8.84. The molecule has 29 heavy (non-hydrogen) atoms. The van der Waals surface area contributed by atoms with Crippen LogP contribution in [0, 0.1) is 5.82 Å². The number of halogens is 1. The van der Waals surface area contributed by atoms with Gasteiger partial charge in [0.1, 0.15) is 5.82 Å². The Labute approximate surface area is 171 Å². The number of rotatable bonds is 10. The Bertz CT molecular complexity index is 961. The largest absolute Gasteiger partial charge is 0.351 e. The minimum atomic E-state index is -3.62. The van der Waals surface area contributed by atoms with E-state index in [9.17, 15) is 17.6 Å². The quantitative estimate of drug-likeness (QED) is 0.601. The maximum atomic E-state index is 13.9. The predicted octanol–water partition coefficient (Wildman–Crippen LogP) is 2.38. The first kappa shape index (κ1) is 22.7. The summed E-state index contributed by atoms with van der Waals surface area (Å²) in [6, 6.07) is 12.9. The molecular weight excluding hydrogens is 393 g/mol. The van der Waals surface area contributed by atoms with E-state index in [0.717, 1.165) is 4.31 Å². The number of sulfonamides is 1. The average Bonchev–Trinajstić information content (AvgIpc) is 2.68. The van der Waals surface area contributed by atoms with E-state index in [2.05, 4.69) is 11.9 Å². The van der Waals surface area contributed by atoms with Crippen molar-refractivity contribution in [1.29, 1.82) is 0 Å². The minimum Gasteiger partial charge on any atom is -0.351 e. The lowest BCUT2D eigenvalue weighted by Crippen LogP contribution is -2.37. The molecule has 0 atom stereocenters. The number of nitrogens with one attached hydrogen (secondary N) is 1. The van der Waals surface area contributed by atoms with Gasteiger partial charge in [-0.2, -0.15) is 0 Å². The molecule has 1 amide bonds. The normalized spacial score (nSPS) is 11.6. The molecule has 0 saturated heterocycles. The van der Waals surface area contributed by atoms with Gasteiger partial charge in [-0.1, -0.05) is 42.5 Å². The molecule has 2 aromatic carbocycles. The Balaban J connectivity index is 2.05. The summed E-state index contributed by atoms with van der Waals surface area (Å²) in [5.74, 6) is -0.620. The number of carbonyl (C=O) groups excluding carboxylic acids is 1. The van der Waals surface area contributed by atoms with Gasteiger partial charge in [-0.3, -0.25) is 9.69 Å². The molecule has 0 unspecified atom stereocenters. The van der Waals surface area contributed by atoms with Crippen molar-refractivity contribution in [3.05, 3.63) is 78.1 Å². The SMILES string of the molecule is C=CCN(CC(=O)NCc1ccccc1S(=O)(=O)N(C)C)Cc1ccccc1F. The molecule has 0 radical (unpaired) electrons. The lowest BCUT2D eigenvalue weighted by atomic mass is 10.2. The zero-order valence-electron chi connectivity index (χ0n) is 16.6. The number of carbonyl (C=O) groups is 1. The second-order valence-electron chi connectivity index (χ2n) is 6.72. The Kier molecular flexibility index (Phi) is 8.07. The zero-order chi connectivity index (χ0) is 21.4. The molecule has 1 N–H and O–H groups in total. The van der Waals surface area contributed by atoms with Crippen LogP contribution in [0.5, 0.6) is 0 Å². The lowest BCUT2D eigenvalue weighted by Gasteiger charge is -2.21. The molecule has 2 aromatic rings. The van der Waals surface area contributed by atoms with E-state index < -0.39 is 10.0 Å². The van der Waals surface area contributed by atoms with Crippen molar-refractivity contribution in [2.24, 2.45) is 0 Å². The first-order valence-corrected chi connectivity index (χ1v) is 10.5. The van der Waals surface area contributed by atoms with Crippen LogP contribution in [0.3, 0.4) is 0 Å². The Morgan fingerprint density at radius 2 is 1.72 bits per heavy atom. The van der Waals surface area contributed by atoms with Gasteiger partial charge < -0.3 is 5.32 Å². The minimum absolute atomic E-state index is 0.0307. The van der Waals surface area contributed by atoms with Gasteiger partial charge >= 0.3 is 0 Å². The molecule has 0 bridgehead atoms. The highest BCUT2D eigenvalue weighted by atomic mass is 32.2. The summed E-state index contributed by atoms with van der Waals surface area (Å²) in [6.45, 7) is 4.46. The van der Waals surface area contributed by atoms with E-state index in [4.69, 9.17) is 0 Å². The summed E-state index contributed by atoms with van der Waals surface area (Å²) in [6.07, 6.45) is 1.65. The van der Waals surface area contributed by atoms with E-state index in [1.807, 2.05) is 0 Å². The molecule has 0 aliphatic rings. The first-order chi connectivity index (χ1) is 13.8. The van der Waals surface area contributed by atoms with Crippen LogP contribution in [0.25, 0.3) is 0 Å². The van der Waals surface area contributed by atoms with Gasteiger partial charge in [0.2, 0.25) is 15.9 Å². The summed E-state index contributed by atoms with van der Waals surface area (Å²) >= 11 is 0. The highest BCUT2D eigenvalue weighted by molar-refractivity contribution is 7.89. The van der Waals surface area contributed by atoms with Gasteiger partial charge in [0.25, 0.3) is 0 Å². The van der Waals surface area contributed by atoms with Crippen LogP contribution in [0.2, 0.25) is 0 Å². The van der Waals surface area contributed by atoms with Crippen LogP contribution >= 0.6 is 0 Å². The summed E-state index contributed by atoms with van der Waals surface area (Å²) in [5.41, 5.74) is 0.989. The fourth-order valence-corrected chi connectivity index (χ4v) is 3.90. The molecule has 0 aromatic heterocycles.